The first kappa shape index (κ1) is 10.1. The third kappa shape index (κ3) is 2.74. The minimum Gasteiger partial charge on any atom is -0.398 e. The second kappa shape index (κ2) is 4.87. The third-order valence-corrected chi connectivity index (χ3v) is 2.19. The van der Waals surface area contributed by atoms with Crippen molar-refractivity contribution >= 4 is 5.69 Å². The predicted molar refractivity (Wildman–Crippen MR) is 55.3 cm³/mol. The van der Waals surface area contributed by atoms with E-state index in [4.69, 9.17) is 5.73 Å². The van der Waals surface area contributed by atoms with Crippen LogP contribution in [0.2, 0.25) is 0 Å². The number of unbranched alkanes of at least 4 members (excludes halogenated alkanes) is 1. The molecule has 72 valence electrons. The molecule has 0 fully saturated rings. The summed E-state index contributed by atoms with van der Waals surface area (Å²) in [6.45, 7) is 2.11. The average molecular weight is 179 g/mol. The van der Waals surface area contributed by atoms with Crippen molar-refractivity contribution in [2.75, 3.05) is 5.73 Å². The topological polar surface area (TPSA) is 46.2 Å². The number of nitrogens with two attached hydrogens (primary N) is 1. The zero-order valence-corrected chi connectivity index (χ0v) is 8.03. The van der Waals surface area contributed by atoms with Crippen LogP contribution in [0.1, 0.15) is 37.9 Å². The Labute approximate surface area is 79.4 Å². The molecule has 0 saturated heterocycles. The maximum absolute atomic E-state index is 9.75. The Bertz CT molecular complexity index is 260. The number of nitrogen functional groups attached to an aromatic ring is 1. The van der Waals surface area contributed by atoms with Gasteiger partial charge in [0.15, 0.2) is 0 Å². The van der Waals surface area contributed by atoms with Crippen LogP contribution in [-0.2, 0) is 0 Å². The minimum absolute atomic E-state index is 0.402. The number of hydrogen-bond acceptors (Lipinski definition) is 2. The Kier molecular flexibility index (Phi) is 3.77. The largest absolute Gasteiger partial charge is 0.398 e. The fourth-order valence-electron chi connectivity index (χ4n) is 1.37. The maximum Gasteiger partial charge on any atom is 0.0809 e. The number of anilines is 1. The highest BCUT2D eigenvalue weighted by atomic mass is 16.3. The zero-order chi connectivity index (χ0) is 9.68. The molecule has 2 heteroatoms. The molecule has 0 radical (unpaired) electrons. The summed E-state index contributed by atoms with van der Waals surface area (Å²) >= 11 is 0. The predicted octanol–water partition coefficient (Wildman–Crippen LogP) is 2.49. The molecule has 0 heterocycles. The summed E-state index contributed by atoms with van der Waals surface area (Å²) in [7, 11) is 0. The van der Waals surface area contributed by atoms with Crippen LogP contribution in [0.4, 0.5) is 5.69 Å². The molecule has 1 rings (SSSR count). The number of hydrogen-bond donors (Lipinski definition) is 2. The van der Waals surface area contributed by atoms with E-state index in [1.54, 1.807) is 0 Å². The molecule has 1 aromatic carbocycles. The molecule has 0 saturated carbocycles. The van der Waals surface area contributed by atoms with Gasteiger partial charge in [-0.25, -0.2) is 0 Å². The Morgan fingerprint density at radius 3 is 2.69 bits per heavy atom. The first-order chi connectivity index (χ1) is 6.25. The van der Waals surface area contributed by atoms with Crippen LogP contribution in [0, 0.1) is 0 Å². The van der Waals surface area contributed by atoms with Gasteiger partial charge in [0, 0.05) is 11.3 Å². The molecule has 0 bridgehead atoms. The van der Waals surface area contributed by atoms with Gasteiger partial charge in [-0.05, 0) is 12.5 Å². The monoisotopic (exact) mass is 179 g/mol. The van der Waals surface area contributed by atoms with Gasteiger partial charge < -0.3 is 10.8 Å². The van der Waals surface area contributed by atoms with Crippen molar-refractivity contribution in [2.45, 2.75) is 32.3 Å². The van der Waals surface area contributed by atoms with Crippen molar-refractivity contribution in [1.82, 2.24) is 0 Å². The van der Waals surface area contributed by atoms with Gasteiger partial charge in [-0.15, -0.1) is 0 Å². The van der Waals surface area contributed by atoms with E-state index in [2.05, 4.69) is 6.92 Å². The second-order valence-corrected chi connectivity index (χ2v) is 3.29. The smallest absolute Gasteiger partial charge is 0.0809 e. The number of para-hydroxylation sites is 1. The van der Waals surface area contributed by atoms with Crippen molar-refractivity contribution in [3.63, 3.8) is 0 Å². The van der Waals surface area contributed by atoms with Crippen molar-refractivity contribution < 1.29 is 5.11 Å². The third-order valence-electron chi connectivity index (χ3n) is 2.19. The molecule has 0 spiro atoms. The van der Waals surface area contributed by atoms with Gasteiger partial charge in [0.2, 0.25) is 0 Å². The molecule has 1 atom stereocenters. The molecule has 3 N–H and O–H groups in total. The Morgan fingerprint density at radius 2 is 2.08 bits per heavy atom. The molecule has 0 aromatic heterocycles. The van der Waals surface area contributed by atoms with Crippen LogP contribution in [0.25, 0.3) is 0 Å². The number of aliphatic hydroxyl groups is 1. The number of benzene rings is 1. The molecule has 0 aliphatic carbocycles. The molecule has 0 aliphatic rings. The molecule has 0 amide bonds. The summed E-state index contributed by atoms with van der Waals surface area (Å²) in [5.74, 6) is 0. The highest BCUT2D eigenvalue weighted by Gasteiger charge is 2.08. The highest BCUT2D eigenvalue weighted by Crippen LogP contribution is 2.23. The van der Waals surface area contributed by atoms with E-state index in [1.807, 2.05) is 24.3 Å². The van der Waals surface area contributed by atoms with Crippen LogP contribution >= 0.6 is 0 Å². The van der Waals surface area contributed by atoms with E-state index in [1.165, 1.54) is 0 Å². The van der Waals surface area contributed by atoms with E-state index in [0.717, 1.165) is 24.8 Å². The lowest BCUT2D eigenvalue weighted by atomic mass is 10.0. The Hall–Kier alpha value is -1.02. The lowest BCUT2D eigenvalue weighted by Crippen LogP contribution is -2.01. The van der Waals surface area contributed by atoms with Gasteiger partial charge in [0.05, 0.1) is 6.10 Å². The SMILES string of the molecule is CCCC[C@@H](O)c1ccccc1N. The van der Waals surface area contributed by atoms with Gasteiger partial charge in [-0.3, -0.25) is 0 Å². The standard InChI is InChI=1S/C11H17NO/c1-2-3-8-11(13)9-6-4-5-7-10(9)12/h4-7,11,13H,2-3,8,12H2,1H3/t11-/m1/s1. The van der Waals surface area contributed by atoms with Gasteiger partial charge >= 0.3 is 0 Å². The lowest BCUT2D eigenvalue weighted by Gasteiger charge is -2.12. The number of aliphatic hydroxyl groups excluding tert-OH is 1. The summed E-state index contributed by atoms with van der Waals surface area (Å²) in [6.07, 6.45) is 2.53. The number of rotatable bonds is 4. The zero-order valence-electron chi connectivity index (χ0n) is 8.03. The first-order valence-corrected chi connectivity index (χ1v) is 4.78. The van der Waals surface area contributed by atoms with Crippen molar-refractivity contribution in [3.05, 3.63) is 29.8 Å². The highest BCUT2D eigenvalue weighted by molar-refractivity contribution is 5.47. The normalized spacial score (nSPS) is 12.8. The van der Waals surface area contributed by atoms with Crippen molar-refractivity contribution in [2.24, 2.45) is 0 Å². The van der Waals surface area contributed by atoms with Crippen LogP contribution in [0.15, 0.2) is 24.3 Å². The van der Waals surface area contributed by atoms with Crippen LogP contribution in [0.3, 0.4) is 0 Å². The molecule has 1 aromatic rings. The van der Waals surface area contributed by atoms with E-state index in [-0.39, 0.29) is 0 Å². The molecular weight excluding hydrogens is 162 g/mol. The maximum atomic E-state index is 9.75. The Morgan fingerprint density at radius 1 is 1.38 bits per heavy atom. The average Bonchev–Trinajstić information content (AvgIpc) is 2.15. The van der Waals surface area contributed by atoms with Crippen LogP contribution in [0.5, 0.6) is 0 Å². The second-order valence-electron chi connectivity index (χ2n) is 3.29. The Balaban J connectivity index is 2.65. The quantitative estimate of drug-likeness (QED) is 0.697. The van der Waals surface area contributed by atoms with Crippen molar-refractivity contribution in [1.29, 1.82) is 0 Å². The summed E-state index contributed by atoms with van der Waals surface area (Å²) in [4.78, 5) is 0. The summed E-state index contributed by atoms with van der Waals surface area (Å²) in [5, 5.41) is 9.75. The van der Waals surface area contributed by atoms with Gasteiger partial charge in [0.1, 0.15) is 0 Å². The minimum atomic E-state index is -0.402. The van der Waals surface area contributed by atoms with E-state index in [0.29, 0.717) is 5.69 Å². The molecule has 13 heavy (non-hydrogen) atoms. The fraction of sp³-hybridized carbons (Fsp3) is 0.455. The van der Waals surface area contributed by atoms with E-state index >= 15 is 0 Å². The summed E-state index contributed by atoms with van der Waals surface area (Å²) in [5.41, 5.74) is 7.28. The summed E-state index contributed by atoms with van der Waals surface area (Å²) in [6, 6.07) is 7.49. The van der Waals surface area contributed by atoms with Crippen molar-refractivity contribution in [3.8, 4) is 0 Å². The van der Waals surface area contributed by atoms with Crippen LogP contribution in [-0.4, -0.2) is 5.11 Å². The first-order valence-electron chi connectivity index (χ1n) is 4.78. The van der Waals surface area contributed by atoms with Gasteiger partial charge in [-0.2, -0.15) is 0 Å². The molecule has 0 unspecified atom stereocenters. The van der Waals surface area contributed by atoms with E-state index < -0.39 is 6.10 Å². The van der Waals surface area contributed by atoms with Gasteiger partial charge in [-0.1, -0.05) is 38.0 Å². The van der Waals surface area contributed by atoms with Crippen LogP contribution < -0.4 is 5.73 Å². The molecule has 2 nitrogen and oxygen atoms in total. The molecular formula is C11H17NO. The fourth-order valence-corrected chi connectivity index (χ4v) is 1.37. The lowest BCUT2D eigenvalue weighted by molar-refractivity contribution is 0.165. The van der Waals surface area contributed by atoms with E-state index in [9.17, 15) is 5.11 Å². The molecule has 0 aliphatic heterocycles. The summed E-state index contributed by atoms with van der Waals surface area (Å²) < 4.78 is 0. The van der Waals surface area contributed by atoms with Gasteiger partial charge in [0.25, 0.3) is 0 Å².